The van der Waals surface area contributed by atoms with Crippen LogP contribution in [0.15, 0.2) is 134 Å². The number of rotatable bonds is 52. The molecule has 0 rings (SSSR count). The third-order valence-corrected chi connectivity index (χ3v) is 12.2. The van der Waals surface area contributed by atoms with E-state index >= 15 is 0 Å². The Kier molecular flexibility index (Phi) is 56.4. The van der Waals surface area contributed by atoms with Gasteiger partial charge in [0.05, 0.1) is 0 Å². The lowest BCUT2D eigenvalue weighted by Gasteiger charge is -2.18. The summed E-state index contributed by atoms with van der Waals surface area (Å²) >= 11 is 0. The Bertz CT molecular complexity index is 1580. The van der Waals surface area contributed by atoms with Crippen LogP contribution in [0.3, 0.4) is 0 Å². The summed E-state index contributed by atoms with van der Waals surface area (Å²) in [6.45, 7) is 6.35. The van der Waals surface area contributed by atoms with Gasteiger partial charge in [-0.2, -0.15) is 0 Å². The van der Waals surface area contributed by atoms with Gasteiger partial charge >= 0.3 is 17.9 Å². The van der Waals surface area contributed by atoms with Crippen LogP contribution in [-0.4, -0.2) is 37.2 Å². The minimum absolute atomic E-state index is 0.0948. The average molecular weight is 1010 g/mol. The number of esters is 3. The molecule has 0 aromatic rings. The molecule has 0 amide bonds. The van der Waals surface area contributed by atoms with Crippen LogP contribution in [0, 0.1) is 0 Å². The lowest BCUT2D eigenvalue weighted by molar-refractivity contribution is -0.167. The molecule has 0 aromatic heterocycles. The molecule has 0 bridgehead atoms. The van der Waals surface area contributed by atoms with Crippen molar-refractivity contribution in [2.75, 3.05) is 13.2 Å². The molecule has 73 heavy (non-hydrogen) atoms. The lowest BCUT2D eigenvalue weighted by atomic mass is 10.1. The third-order valence-electron chi connectivity index (χ3n) is 12.2. The van der Waals surface area contributed by atoms with E-state index in [9.17, 15) is 14.4 Å². The van der Waals surface area contributed by atoms with Gasteiger partial charge in [0, 0.05) is 19.3 Å². The summed E-state index contributed by atoms with van der Waals surface area (Å²) in [5.41, 5.74) is 0. The van der Waals surface area contributed by atoms with Gasteiger partial charge in [-0.05, 0) is 116 Å². The highest BCUT2D eigenvalue weighted by Gasteiger charge is 2.19. The molecule has 0 saturated heterocycles. The van der Waals surface area contributed by atoms with Gasteiger partial charge < -0.3 is 14.2 Å². The van der Waals surface area contributed by atoms with E-state index in [4.69, 9.17) is 14.2 Å². The first-order valence-electron chi connectivity index (χ1n) is 29.7. The lowest BCUT2D eigenvalue weighted by Crippen LogP contribution is -2.30. The van der Waals surface area contributed by atoms with Crippen LogP contribution >= 0.6 is 0 Å². The second-order valence-electron chi connectivity index (χ2n) is 19.1. The fourth-order valence-corrected chi connectivity index (χ4v) is 7.77. The molecule has 0 fully saturated rings. The van der Waals surface area contributed by atoms with Gasteiger partial charge in [-0.15, -0.1) is 0 Å². The second kappa shape index (κ2) is 60.1. The van der Waals surface area contributed by atoms with Gasteiger partial charge in [-0.3, -0.25) is 14.4 Å². The average Bonchev–Trinajstić information content (AvgIpc) is 3.39. The number of carbonyl (C=O) groups is 3. The largest absolute Gasteiger partial charge is 0.462 e. The molecule has 6 heteroatoms. The third kappa shape index (κ3) is 58.3. The zero-order chi connectivity index (χ0) is 52.9. The van der Waals surface area contributed by atoms with Crippen LogP contribution in [0.4, 0.5) is 0 Å². The molecule has 1 atom stereocenters. The van der Waals surface area contributed by atoms with Crippen molar-refractivity contribution in [3.8, 4) is 0 Å². The van der Waals surface area contributed by atoms with Gasteiger partial charge in [0.1, 0.15) is 13.2 Å². The van der Waals surface area contributed by atoms with Crippen molar-refractivity contribution < 1.29 is 28.6 Å². The predicted octanol–water partition coefficient (Wildman–Crippen LogP) is 20.2. The molecular weight excluding hydrogens is 901 g/mol. The molecule has 0 aliphatic carbocycles. The Balaban J connectivity index is 4.37. The van der Waals surface area contributed by atoms with Crippen LogP contribution in [0.2, 0.25) is 0 Å². The van der Waals surface area contributed by atoms with E-state index in [1.165, 1.54) is 70.6 Å². The fourth-order valence-electron chi connectivity index (χ4n) is 7.77. The van der Waals surface area contributed by atoms with Gasteiger partial charge in [0.15, 0.2) is 6.10 Å². The monoisotopic (exact) mass is 1010 g/mol. The molecule has 412 valence electrons. The summed E-state index contributed by atoms with van der Waals surface area (Å²) in [5, 5.41) is 0. The van der Waals surface area contributed by atoms with E-state index in [1.807, 2.05) is 0 Å². The van der Waals surface area contributed by atoms with Gasteiger partial charge in [-0.1, -0.05) is 251 Å². The van der Waals surface area contributed by atoms with E-state index in [0.29, 0.717) is 19.3 Å². The fraction of sp³-hybridized carbons (Fsp3) is 0.627. The van der Waals surface area contributed by atoms with Gasteiger partial charge in [0.2, 0.25) is 0 Å². The predicted molar refractivity (Wildman–Crippen MR) is 316 cm³/mol. The van der Waals surface area contributed by atoms with Gasteiger partial charge in [-0.25, -0.2) is 0 Å². The maximum atomic E-state index is 12.9. The molecule has 0 aromatic carbocycles. The normalized spacial score (nSPS) is 13.1. The van der Waals surface area contributed by atoms with E-state index in [2.05, 4.69) is 154 Å². The summed E-state index contributed by atoms with van der Waals surface area (Å²) in [6.07, 6.45) is 84.5. The summed E-state index contributed by atoms with van der Waals surface area (Å²) in [7, 11) is 0. The van der Waals surface area contributed by atoms with Crippen molar-refractivity contribution in [1.29, 1.82) is 0 Å². The standard InChI is InChI=1S/C67H108O6/c1-4-7-10-13-16-19-21-23-25-27-29-31-32-33-34-36-37-39-41-43-45-48-51-54-57-60-66(69)72-63-64(62-71-65(68)59-56-53-50-47-18-15-12-9-6-3)73-67(70)61-58-55-52-49-46-44-42-40-38-35-30-28-26-24-22-20-17-14-11-8-5-2/h7-8,10-11,16-17,19-20,23-26,29-31,33-35,37,39,43,45,64H,4-6,9,12-15,18,21-22,27-28,32,36,38,40-42,44,46-63H2,1-3H3/b10-7-,11-8-,19-16-,20-17-,25-23-,26-24-,31-29-,34-33-,35-30-,39-37-,45-43-. The summed E-state index contributed by atoms with van der Waals surface area (Å²) in [5.74, 6) is -0.942. The highest BCUT2D eigenvalue weighted by molar-refractivity contribution is 5.71. The molecule has 6 nitrogen and oxygen atoms in total. The zero-order valence-corrected chi connectivity index (χ0v) is 47.1. The Labute approximate surface area is 449 Å². The van der Waals surface area contributed by atoms with E-state index in [1.54, 1.807) is 0 Å². The molecule has 0 radical (unpaired) electrons. The summed E-state index contributed by atoms with van der Waals surface area (Å²) < 4.78 is 16.8. The first-order chi connectivity index (χ1) is 36.0. The zero-order valence-electron chi connectivity index (χ0n) is 47.1. The first-order valence-corrected chi connectivity index (χ1v) is 29.7. The van der Waals surface area contributed by atoms with Crippen molar-refractivity contribution >= 4 is 17.9 Å². The topological polar surface area (TPSA) is 78.9 Å². The smallest absolute Gasteiger partial charge is 0.306 e. The summed E-state index contributed by atoms with van der Waals surface area (Å²) in [4.78, 5) is 38.1. The van der Waals surface area contributed by atoms with Crippen LogP contribution < -0.4 is 0 Å². The number of ether oxygens (including phenoxy) is 3. The molecule has 0 aliphatic heterocycles. The van der Waals surface area contributed by atoms with E-state index in [0.717, 1.165) is 141 Å². The minimum atomic E-state index is -0.800. The highest BCUT2D eigenvalue weighted by atomic mass is 16.6. The quantitative estimate of drug-likeness (QED) is 0.0261. The number of allylic oxidation sites excluding steroid dienone is 22. The van der Waals surface area contributed by atoms with Crippen LogP contribution in [0.25, 0.3) is 0 Å². The Hall–Kier alpha value is -4.45. The Morgan fingerprint density at radius 2 is 0.534 bits per heavy atom. The summed E-state index contributed by atoms with van der Waals surface area (Å²) in [6, 6.07) is 0. The molecule has 1 unspecified atom stereocenters. The number of unbranched alkanes of at least 4 members (excludes halogenated alkanes) is 19. The SMILES string of the molecule is CC/C=C\C/C=C\C/C=C\C/C=C\C/C=C\C/C=C\C/C=C\CCCCCC(=O)OCC(COC(=O)CCCCCCCCCCC)OC(=O)CCCCCCCCCC/C=C\C/C=C\C/C=C\C/C=C\CC. The van der Waals surface area contributed by atoms with E-state index in [-0.39, 0.29) is 31.1 Å². The molecular formula is C67H108O6. The number of carbonyl (C=O) groups excluding carboxylic acids is 3. The van der Waals surface area contributed by atoms with Crippen molar-refractivity contribution in [2.24, 2.45) is 0 Å². The minimum Gasteiger partial charge on any atom is -0.462 e. The van der Waals surface area contributed by atoms with E-state index < -0.39 is 6.10 Å². The van der Waals surface area contributed by atoms with Gasteiger partial charge in [0.25, 0.3) is 0 Å². The molecule has 0 N–H and O–H groups in total. The molecule has 0 heterocycles. The molecule has 0 aliphatic rings. The van der Waals surface area contributed by atoms with Crippen molar-refractivity contribution in [2.45, 2.75) is 258 Å². The first kappa shape index (κ1) is 68.6. The maximum absolute atomic E-state index is 12.9. The molecule has 0 spiro atoms. The highest BCUT2D eigenvalue weighted by Crippen LogP contribution is 2.14. The van der Waals surface area contributed by atoms with Crippen LogP contribution in [0.5, 0.6) is 0 Å². The van der Waals surface area contributed by atoms with Crippen LogP contribution in [0.1, 0.15) is 252 Å². The second-order valence-corrected chi connectivity index (χ2v) is 19.1. The Morgan fingerprint density at radius 3 is 0.849 bits per heavy atom. The number of hydrogen-bond acceptors (Lipinski definition) is 6. The van der Waals surface area contributed by atoms with Crippen molar-refractivity contribution in [3.63, 3.8) is 0 Å². The number of hydrogen-bond donors (Lipinski definition) is 0. The molecule has 0 saturated carbocycles. The van der Waals surface area contributed by atoms with Crippen molar-refractivity contribution in [1.82, 2.24) is 0 Å². The van der Waals surface area contributed by atoms with Crippen molar-refractivity contribution in [3.05, 3.63) is 134 Å². The Morgan fingerprint density at radius 1 is 0.288 bits per heavy atom. The van der Waals surface area contributed by atoms with Crippen LogP contribution in [-0.2, 0) is 28.6 Å². The maximum Gasteiger partial charge on any atom is 0.306 e.